The molecule has 9 nitrogen and oxygen atoms in total. The third-order valence-electron chi connectivity index (χ3n) is 3.99. The number of ether oxygens (including phenoxy) is 3. The maximum atomic E-state index is 12.8. The van der Waals surface area contributed by atoms with Gasteiger partial charge in [0.2, 0.25) is 0 Å². The van der Waals surface area contributed by atoms with Gasteiger partial charge in [0.1, 0.15) is 30.0 Å². The number of hydrogen-bond donors (Lipinski definition) is 1. The Morgan fingerprint density at radius 2 is 1.52 bits per heavy atom. The van der Waals surface area contributed by atoms with Gasteiger partial charge in [-0.2, -0.15) is 8.42 Å². The molecule has 0 aromatic rings. The molecule has 0 aromatic heterocycles. The zero-order valence-electron chi connectivity index (χ0n) is 15.7. The van der Waals surface area contributed by atoms with Gasteiger partial charge in [-0.15, -0.1) is 0 Å². The van der Waals surface area contributed by atoms with Gasteiger partial charge in [-0.25, -0.2) is 9.59 Å². The Hall–Kier alpha value is -2.20. The summed E-state index contributed by atoms with van der Waals surface area (Å²) in [6, 6.07) is 0. The molecule has 0 aliphatic rings. The Bertz CT molecular complexity index is 638. The average molecular weight is 406 g/mol. The van der Waals surface area contributed by atoms with Gasteiger partial charge in [-0.05, 0) is 20.3 Å². The molecule has 2 atom stereocenters. The fourth-order valence-corrected chi connectivity index (χ4v) is 2.91. The second-order valence-corrected chi connectivity index (χ2v) is 7.35. The van der Waals surface area contributed by atoms with E-state index in [9.17, 15) is 22.8 Å². The van der Waals surface area contributed by atoms with Crippen LogP contribution >= 0.6 is 0 Å². The molecule has 0 spiro atoms. The van der Waals surface area contributed by atoms with Gasteiger partial charge in [-0.1, -0.05) is 26.5 Å². The van der Waals surface area contributed by atoms with Crippen molar-refractivity contribution in [3.8, 4) is 0 Å². The molecule has 0 saturated heterocycles. The summed E-state index contributed by atoms with van der Waals surface area (Å²) in [4.78, 5) is 36.1. The Morgan fingerprint density at radius 1 is 1.07 bits per heavy atom. The van der Waals surface area contributed by atoms with Crippen molar-refractivity contribution in [1.82, 2.24) is 0 Å². The van der Waals surface area contributed by atoms with Gasteiger partial charge in [0.15, 0.2) is 0 Å². The Kier molecular flexibility index (Phi) is 9.95. The first-order chi connectivity index (χ1) is 12.4. The zero-order valence-corrected chi connectivity index (χ0v) is 16.5. The van der Waals surface area contributed by atoms with Crippen molar-refractivity contribution in [3.63, 3.8) is 0 Å². The summed E-state index contributed by atoms with van der Waals surface area (Å²) in [5, 5.41) is 0. The Morgan fingerprint density at radius 3 is 1.85 bits per heavy atom. The normalized spacial score (nSPS) is 15.6. The summed E-state index contributed by atoms with van der Waals surface area (Å²) in [6.45, 7) is 10.6. The predicted molar refractivity (Wildman–Crippen MR) is 96.2 cm³/mol. The van der Waals surface area contributed by atoms with Crippen LogP contribution in [0.25, 0.3) is 0 Å². The fraction of sp³-hybridized carbons (Fsp3) is 0.588. The van der Waals surface area contributed by atoms with Crippen molar-refractivity contribution in [2.24, 2.45) is 5.41 Å². The van der Waals surface area contributed by atoms with Crippen LogP contribution in [0.3, 0.4) is 0 Å². The van der Waals surface area contributed by atoms with Crippen molar-refractivity contribution in [1.29, 1.82) is 0 Å². The van der Waals surface area contributed by atoms with Gasteiger partial charge in [0.25, 0.3) is 10.1 Å². The summed E-state index contributed by atoms with van der Waals surface area (Å²) >= 11 is 0. The lowest BCUT2D eigenvalue weighted by Crippen LogP contribution is -2.53. The summed E-state index contributed by atoms with van der Waals surface area (Å²) in [5.74, 6) is -3.32. The van der Waals surface area contributed by atoms with E-state index in [4.69, 9.17) is 18.8 Å². The molecule has 0 aromatic carbocycles. The minimum Gasteiger partial charge on any atom is -0.464 e. The quantitative estimate of drug-likeness (QED) is 0.221. The molecule has 0 rings (SSSR count). The van der Waals surface area contributed by atoms with Gasteiger partial charge < -0.3 is 14.2 Å². The van der Waals surface area contributed by atoms with E-state index in [1.165, 1.54) is 13.8 Å². The molecule has 0 aliphatic carbocycles. The number of hydrogen-bond acceptors (Lipinski definition) is 8. The van der Waals surface area contributed by atoms with Crippen LogP contribution in [0.2, 0.25) is 0 Å². The summed E-state index contributed by atoms with van der Waals surface area (Å²) < 4.78 is 45.8. The van der Waals surface area contributed by atoms with Crippen molar-refractivity contribution < 1.29 is 41.6 Å². The van der Waals surface area contributed by atoms with Gasteiger partial charge in [0.05, 0.1) is 0 Å². The van der Waals surface area contributed by atoms with Crippen LogP contribution in [-0.2, 0) is 38.7 Å². The number of carbonyl (C=O) groups is 3. The van der Waals surface area contributed by atoms with Crippen molar-refractivity contribution in [2.75, 3.05) is 12.4 Å². The molecule has 10 heteroatoms. The summed E-state index contributed by atoms with van der Waals surface area (Å²) in [5.41, 5.74) is -1.61. The van der Waals surface area contributed by atoms with E-state index in [-0.39, 0.29) is 6.42 Å². The molecule has 1 N–H and O–H groups in total. The molecule has 0 heterocycles. The summed E-state index contributed by atoms with van der Waals surface area (Å²) in [6.07, 6.45) is 0.186. The minimum absolute atomic E-state index is 0.106. The van der Waals surface area contributed by atoms with Crippen LogP contribution < -0.4 is 0 Å². The topological polar surface area (TPSA) is 133 Å². The largest absolute Gasteiger partial charge is 0.464 e. The SMILES string of the molecule is C=CC(=O)OC(C)C(CCC)(C(=O)OCCS(=O)(=O)O)C(C)OC(=O)C=C. The van der Waals surface area contributed by atoms with E-state index in [1.54, 1.807) is 6.92 Å². The van der Waals surface area contributed by atoms with E-state index in [2.05, 4.69) is 13.2 Å². The van der Waals surface area contributed by atoms with Crippen LogP contribution in [-0.4, -0.2) is 55.4 Å². The smallest absolute Gasteiger partial charge is 0.330 e. The van der Waals surface area contributed by atoms with Crippen LogP contribution in [0.4, 0.5) is 0 Å². The standard InChI is InChI=1S/C17H26O9S/c1-6-9-17(12(4)25-14(18)7-2,13(5)26-15(19)8-3)16(20)24-10-11-27(21,22)23/h7-8,12-13H,2-3,6,9-11H2,1,4-5H3,(H,21,22,23). The van der Waals surface area contributed by atoms with Gasteiger partial charge in [-0.3, -0.25) is 9.35 Å². The highest BCUT2D eigenvalue weighted by molar-refractivity contribution is 7.85. The van der Waals surface area contributed by atoms with Crippen LogP contribution in [0.5, 0.6) is 0 Å². The Labute approximate surface area is 159 Å². The predicted octanol–water partition coefficient (Wildman–Crippen LogP) is 1.44. The van der Waals surface area contributed by atoms with E-state index < -0.39 is 58.0 Å². The van der Waals surface area contributed by atoms with E-state index in [1.807, 2.05) is 0 Å². The lowest BCUT2D eigenvalue weighted by molar-refractivity contribution is -0.187. The van der Waals surface area contributed by atoms with Crippen molar-refractivity contribution >= 4 is 28.0 Å². The monoisotopic (exact) mass is 406 g/mol. The molecular formula is C17H26O9S. The second-order valence-electron chi connectivity index (χ2n) is 5.78. The van der Waals surface area contributed by atoms with Crippen LogP contribution in [0, 0.1) is 5.41 Å². The average Bonchev–Trinajstić information content (AvgIpc) is 2.57. The van der Waals surface area contributed by atoms with E-state index in [0.29, 0.717) is 6.42 Å². The summed E-state index contributed by atoms with van der Waals surface area (Å²) in [7, 11) is -4.34. The third kappa shape index (κ3) is 7.51. The molecule has 154 valence electrons. The maximum Gasteiger partial charge on any atom is 0.330 e. The lowest BCUT2D eigenvalue weighted by Gasteiger charge is -2.39. The first-order valence-electron chi connectivity index (χ1n) is 8.23. The number of carbonyl (C=O) groups excluding carboxylic acids is 3. The lowest BCUT2D eigenvalue weighted by atomic mass is 9.74. The second kappa shape index (κ2) is 10.8. The highest BCUT2D eigenvalue weighted by Gasteiger charge is 2.52. The highest BCUT2D eigenvalue weighted by Crippen LogP contribution is 2.38. The molecule has 0 saturated carbocycles. The number of esters is 3. The molecule has 27 heavy (non-hydrogen) atoms. The third-order valence-corrected chi connectivity index (χ3v) is 4.67. The van der Waals surface area contributed by atoms with Crippen LogP contribution in [0.15, 0.2) is 25.3 Å². The fourth-order valence-electron chi connectivity index (χ4n) is 2.61. The molecule has 2 unspecified atom stereocenters. The molecular weight excluding hydrogens is 380 g/mol. The van der Waals surface area contributed by atoms with Crippen LogP contribution in [0.1, 0.15) is 33.6 Å². The maximum absolute atomic E-state index is 12.8. The van der Waals surface area contributed by atoms with E-state index in [0.717, 1.165) is 12.2 Å². The minimum atomic E-state index is -4.34. The molecule has 0 amide bonds. The molecule has 0 aliphatic heterocycles. The molecule has 0 fully saturated rings. The van der Waals surface area contributed by atoms with E-state index >= 15 is 0 Å². The number of rotatable bonds is 12. The van der Waals surface area contributed by atoms with Gasteiger partial charge in [0, 0.05) is 12.2 Å². The first-order valence-corrected chi connectivity index (χ1v) is 9.84. The molecule has 0 radical (unpaired) electrons. The molecule has 0 bridgehead atoms. The zero-order chi connectivity index (χ0) is 21.3. The van der Waals surface area contributed by atoms with Crippen molar-refractivity contribution in [3.05, 3.63) is 25.3 Å². The highest BCUT2D eigenvalue weighted by atomic mass is 32.2. The first kappa shape index (κ1) is 24.8. The van der Waals surface area contributed by atoms with Crippen molar-refractivity contribution in [2.45, 2.75) is 45.8 Å². The Balaban J connectivity index is 5.84. The van der Waals surface area contributed by atoms with Gasteiger partial charge >= 0.3 is 17.9 Å².